The van der Waals surface area contributed by atoms with Gasteiger partial charge in [0.25, 0.3) is 0 Å². The van der Waals surface area contributed by atoms with E-state index in [1.807, 2.05) is 42.0 Å². The molecule has 2 atom stereocenters. The Morgan fingerprint density at radius 2 is 1.86 bits per heavy atom. The number of nitrogens with zero attached hydrogens (tertiary/aromatic N) is 2. The largest absolute Gasteiger partial charge is 0.348 e. The molecule has 0 unspecified atom stereocenters. The van der Waals surface area contributed by atoms with E-state index in [9.17, 15) is 13.2 Å². The van der Waals surface area contributed by atoms with E-state index in [-0.39, 0.29) is 6.04 Å². The van der Waals surface area contributed by atoms with Crippen LogP contribution in [-0.2, 0) is 14.6 Å². The molecule has 0 saturated heterocycles. The first-order valence-corrected chi connectivity index (χ1v) is 8.82. The number of benzene rings is 1. The quantitative estimate of drug-likeness (QED) is 0.904. The van der Waals surface area contributed by atoms with Crippen LogP contribution in [-0.4, -0.2) is 35.4 Å². The molecule has 1 heterocycles. The van der Waals surface area contributed by atoms with Crippen LogP contribution < -0.4 is 5.32 Å². The van der Waals surface area contributed by atoms with Gasteiger partial charge in [-0.2, -0.15) is 0 Å². The average molecular weight is 321 g/mol. The first-order valence-electron chi connectivity index (χ1n) is 6.86. The number of rotatable bonds is 5. The third-order valence-corrected chi connectivity index (χ3v) is 5.06. The molecule has 2 rings (SSSR count). The Labute approximate surface area is 130 Å². The topological polar surface area (TPSA) is 81.1 Å². The summed E-state index contributed by atoms with van der Waals surface area (Å²) in [5.41, 5.74) is 1.86. The van der Waals surface area contributed by atoms with Gasteiger partial charge >= 0.3 is 0 Å². The third-order valence-electron chi connectivity index (χ3n) is 3.57. The van der Waals surface area contributed by atoms with Gasteiger partial charge in [0.05, 0.1) is 12.4 Å². The van der Waals surface area contributed by atoms with Crippen molar-refractivity contribution in [3.63, 3.8) is 0 Å². The maximum atomic E-state index is 11.9. The van der Waals surface area contributed by atoms with Gasteiger partial charge in [0.15, 0.2) is 9.84 Å². The van der Waals surface area contributed by atoms with E-state index in [0.717, 1.165) is 17.5 Å². The number of carbonyl (C=O) groups excluding carboxylic acids is 1. The Morgan fingerprint density at radius 3 is 2.36 bits per heavy atom. The number of hydrogen-bond donors (Lipinski definition) is 1. The van der Waals surface area contributed by atoms with Gasteiger partial charge in [-0.3, -0.25) is 4.79 Å². The SMILES string of the molecule is C[C@H](NC(=O)[C@H](C)S(C)(=O)=O)c1ccc(-n2ccnc2)cc1. The van der Waals surface area contributed by atoms with E-state index >= 15 is 0 Å². The van der Waals surface area contributed by atoms with Crippen LogP contribution >= 0.6 is 0 Å². The highest BCUT2D eigenvalue weighted by Gasteiger charge is 2.24. The molecule has 0 aliphatic heterocycles. The summed E-state index contributed by atoms with van der Waals surface area (Å²) in [7, 11) is -3.39. The van der Waals surface area contributed by atoms with Gasteiger partial charge in [0.1, 0.15) is 5.25 Å². The summed E-state index contributed by atoms with van der Waals surface area (Å²) >= 11 is 0. The van der Waals surface area contributed by atoms with E-state index < -0.39 is 21.0 Å². The lowest BCUT2D eigenvalue weighted by molar-refractivity contribution is -0.121. The van der Waals surface area contributed by atoms with E-state index in [4.69, 9.17) is 0 Å². The summed E-state index contributed by atoms with van der Waals surface area (Å²) in [6, 6.07) is 7.35. The summed E-state index contributed by atoms with van der Waals surface area (Å²) in [6.45, 7) is 3.21. The van der Waals surface area contributed by atoms with Crippen molar-refractivity contribution in [2.45, 2.75) is 25.1 Å². The number of sulfone groups is 1. The first-order chi connectivity index (χ1) is 10.3. The summed E-state index contributed by atoms with van der Waals surface area (Å²) in [6.07, 6.45) is 6.30. The van der Waals surface area contributed by atoms with Crippen molar-refractivity contribution < 1.29 is 13.2 Å². The number of hydrogen-bond acceptors (Lipinski definition) is 4. The lowest BCUT2D eigenvalue weighted by atomic mass is 10.1. The van der Waals surface area contributed by atoms with E-state index in [1.165, 1.54) is 6.92 Å². The van der Waals surface area contributed by atoms with Crippen molar-refractivity contribution in [1.29, 1.82) is 0 Å². The number of aromatic nitrogens is 2. The van der Waals surface area contributed by atoms with Gasteiger partial charge in [0, 0.05) is 24.3 Å². The van der Waals surface area contributed by atoms with Crippen molar-refractivity contribution in [3.05, 3.63) is 48.5 Å². The Kier molecular flexibility index (Phi) is 4.65. The van der Waals surface area contributed by atoms with Gasteiger partial charge in [-0.1, -0.05) is 12.1 Å². The molecular formula is C15H19N3O3S. The molecule has 1 aromatic carbocycles. The maximum absolute atomic E-state index is 11.9. The van der Waals surface area contributed by atoms with Crippen LogP contribution in [0.15, 0.2) is 43.0 Å². The zero-order valence-electron chi connectivity index (χ0n) is 12.7. The van der Waals surface area contributed by atoms with Gasteiger partial charge in [-0.25, -0.2) is 13.4 Å². The lowest BCUT2D eigenvalue weighted by Gasteiger charge is -2.17. The van der Waals surface area contributed by atoms with Crippen LogP contribution in [0.1, 0.15) is 25.5 Å². The van der Waals surface area contributed by atoms with Crippen molar-refractivity contribution in [3.8, 4) is 5.69 Å². The molecule has 0 spiro atoms. The highest BCUT2D eigenvalue weighted by atomic mass is 32.2. The van der Waals surface area contributed by atoms with Crippen molar-refractivity contribution in [1.82, 2.24) is 14.9 Å². The Hall–Kier alpha value is -2.15. The second-order valence-corrected chi connectivity index (χ2v) is 7.63. The number of carbonyl (C=O) groups is 1. The van der Waals surface area contributed by atoms with Crippen molar-refractivity contribution in [2.24, 2.45) is 0 Å². The summed E-state index contributed by atoms with van der Waals surface area (Å²) in [5.74, 6) is -0.492. The zero-order chi connectivity index (χ0) is 16.3. The van der Waals surface area contributed by atoms with Crippen molar-refractivity contribution >= 4 is 15.7 Å². The molecule has 6 nitrogen and oxygen atoms in total. The fourth-order valence-corrected chi connectivity index (χ4v) is 2.41. The molecule has 2 aromatic rings. The normalized spacial score (nSPS) is 14.3. The molecule has 1 aromatic heterocycles. The lowest BCUT2D eigenvalue weighted by Crippen LogP contribution is -2.38. The minimum atomic E-state index is -3.39. The van der Waals surface area contributed by atoms with Gasteiger partial charge in [0.2, 0.25) is 5.91 Å². The van der Waals surface area contributed by atoms with Gasteiger partial charge in [-0.05, 0) is 31.5 Å². The number of imidazole rings is 1. The average Bonchev–Trinajstić information content (AvgIpc) is 2.99. The minimum Gasteiger partial charge on any atom is -0.348 e. The summed E-state index contributed by atoms with van der Waals surface area (Å²) < 4.78 is 24.7. The smallest absolute Gasteiger partial charge is 0.238 e. The molecule has 1 amide bonds. The fourth-order valence-electron chi connectivity index (χ4n) is 1.96. The predicted molar refractivity (Wildman–Crippen MR) is 84.4 cm³/mol. The molecule has 0 radical (unpaired) electrons. The number of amides is 1. The van der Waals surface area contributed by atoms with Crippen LogP contribution in [0.5, 0.6) is 0 Å². The monoisotopic (exact) mass is 321 g/mol. The molecule has 1 N–H and O–H groups in total. The molecule has 0 bridgehead atoms. The minimum absolute atomic E-state index is 0.270. The van der Waals surface area contributed by atoms with E-state index in [1.54, 1.807) is 12.5 Å². The standard InChI is InChI=1S/C15H19N3O3S/c1-11(17-15(19)12(2)22(3,20)21)13-4-6-14(7-5-13)18-9-8-16-10-18/h4-12H,1-3H3,(H,17,19)/t11-,12-/m0/s1. The van der Waals surface area contributed by atoms with Gasteiger partial charge < -0.3 is 9.88 Å². The summed E-state index contributed by atoms with van der Waals surface area (Å²) in [5, 5.41) is 1.66. The maximum Gasteiger partial charge on any atom is 0.238 e. The van der Waals surface area contributed by atoms with Crippen LogP contribution in [0, 0.1) is 0 Å². The molecule has 0 saturated carbocycles. The highest BCUT2D eigenvalue weighted by Crippen LogP contribution is 2.16. The molecule has 0 aliphatic carbocycles. The van der Waals surface area contributed by atoms with Crippen LogP contribution in [0.25, 0.3) is 5.69 Å². The number of nitrogens with one attached hydrogen (secondary N) is 1. The fraction of sp³-hybridized carbons (Fsp3) is 0.333. The molecule has 0 fully saturated rings. The Balaban J connectivity index is 2.07. The third kappa shape index (κ3) is 3.73. The van der Waals surface area contributed by atoms with Crippen LogP contribution in [0.4, 0.5) is 0 Å². The van der Waals surface area contributed by atoms with Crippen LogP contribution in [0.2, 0.25) is 0 Å². The second-order valence-electron chi connectivity index (χ2n) is 5.26. The predicted octanol–water partition coefficient (Wildman–Crippen LogP) is 1.48. The van der Waals surface area contributed by atoms with Crippen LogP contribution in [0.3, 0.4) is 0 Å². The van der Waals surface area contributed by atoms with E-state index in [2.05, 4.69) is 10.3 Å². The van der Waals surface area contributed by atoms with E-state index in [0.29, 0.717) is 0 Å². The zero-order valence-corrected chi connectivity index (χ0v) is 13.5. The molecule has 22 heavy (non-hydrogen) atoms. The second kappa shape index (κ2) is 6.31. The van der Waals surface area contributed by atoms with Crippen molar-refractivity contribution in [2.75, 3.05) is 6.26 Å². The molecule has 0 aliphatic rings. The van der Waals surface area contributed by atoms with Gasteiger partial charge in [-0.15, -0.1) is 0 Å². The highest BCUT2D eigenvalue weighted by molar-refractivity contribution is 7.92. The Morgan fingerprint density at radius 1 is 1.23 bits per heavy atom. The first kappa shape index (κ1) is 16.2. The molecular weight excluding hydrogens is 302 g/mol. The Bertz CT molecular complexity index is 737. The molecule has 118 valence electrons. The summed E-state index contributed by atoms with van der Waals surface area (Å²) in [4.78, 5) is 15.9. The molecule has 7 heteroatoms.